The second kappa shape index (κ2) is 25.8. The Kier molecular flexibility index (Phi) is 18.6. The molecule has 1 aliphatic carbocycles. The summed E-state index contributed by atoms with van der Waals surface area (Å²) in [5.41, 5.74) is 3.22. The van der Waals surface area contributed by atoms with Crippen molar-refractivity contribution in [2.45, 2.75) is 112 Å². The molecule has 10 atom stereocenters. The highest BCUT2D eigenvalue weighted by atomic mass is 32.2. The fraction of sp³-hybridized carbons (Fsp3) is 0.400. The number of H-pyrrole nitrogens is 1. The van der Waals surface area contributed by atoms with Gasteiger partial charge in [-0.15, -0.1) is 11.8 Å². The van der Waals surface area contributed by atoms with Crippen LogP contribution < -0.4 is 51.8 Å². The number of nitrogens with zero attached hydrogens (tertiary/aromatic N) is 4. The number of carboxylic acids is 1. The summed E-state index contributed by atoms with van der Waals surface area (Å²) in [7, 11) is 7.60. The third-order valence-corrected chi connectivity index (χ3v) is 17.0. The van der Waals surface area contributed by atoms with E-state index in [1.807, 2.05) is 74.4 Å². The van der Waals surface area contributed by atoms with Crippen molar-refractivity contribution >= 4 is 110 Å². The van der Waals surface area contributed by atoms with Crippen molar-refractivity contribution < 1.29 is 63.5 Å². The highest BCUT2D eigenvalue weighted by Gasteiger charge is 2.44. The van der Waals surface area contributed by atoms with Gasteiger partial charge in [0.1, 0.15) is 53.8 Å². The number of aromatic amines is 1. The Morgan fingerprint density at radius 3 is 2.08 bits per heavy atom. The quantitative estimate of drug-likeness (QED) is 0.0960. The van der Waals surface area contributed by atoms with Crippen LogP contribution in [-0.4, -0.2) is 196 Å². The summed E-state index contributed by atoms with van der Waals surface area (Å²) in [4.78, 5) is 126. The molecule has 12 N–H and O–H groups in total. The smallest absolute Gasteiger partial charge is 0.336 e. The van der Waals surface area contributed by atoms with Crippen LogP contribution in [0.4, 0.5) is 11.4 Å². The molecule has 1 fully saturated rings. The highest BCUT2D eigenvalue weighted by molar-refractivity contribution is 7.99. The Morgan fingerprint density at radius 2 is 1.45 bits per heavy atom. The van der Waals surface area contributed by atoms with Gasteiger partial charge in [0, 0.05) is 117 Å². The maximum atomic E-state index is 15.0. The van der Waals surface area contributed by atoms with E-state index in [0.717, 1.165) is 28.0 Å². The molecule has 0 radical (unpaired) electrons. The van der Waals surface area contributed by atoms with E-state index in [2.05, 4.69) is 47.2 Å². The Labute approximate surface area is 510 Å². The van der Waals surface area contributed by atoms with E-state index in [1.54, 1.807) is 36.4 Å². The molecule has 1 saturated heterocycles. The predicted molar refractivity (Wildman–Crippen MR) is 329 cm³/mol. The summed E-state index contributed by atoms with van der Waals surface area (Å²) in [6, 6.07) is 7.91. The standard InChI is InChI=1S/C60H70N12O13S2/c1-28-50(75)65-42-23-39-35-11-9-10-12-41(35)68-56(39)87-26-44(57(81)72-25-34(74)22-45(72)54(79)63-28)67-55(80)49(30(3)73)69-51(76)29(2)62-53(78)43(66-52(42)77)24-60(4,84)27-61-59(86)64-31-13-16-36(40(19-31)58(82)83)48-37-17-14-32(70(5)6)20-46(37)85-47-21-33(71(7)8)15-18-38(47)48/h9-21,28-30,34,42-45,49,68,73-74,84H,22-27H2,1-8H3,(H,61,86)(H,62,78)(H,63,79)(H,65,75)(H,66,77)(H,67,80)(H,69,76)(H,82,83)/b64-31+/t28?,29-,30-,34-,42-,43-,44-,45-,49+,60+/m0/s1. The first kappa shape index (κ1) is 62.9. The summed E-state index contributed by atoms with van der Waals surface area (Å²) >= 11 is 6.68. The topological polar surface area (TPSA) is 349 Å². The van der Waals surface area contributed by atoms with Crippen LogP contribution in [0.15, 0.2) is 100 Å². The number of allylic oxidation sites excluding steroid dienone is 3. The van der Waals surface area contributed by atoms with Crippen LogP contribution in [0, 0.1) is 0 Å². The van der Waals surface area contributed by atoms with Crippen LogP contribution in [-0.2, 0) is 44.8 Å². The summed E-state index contributed by atoms with van der Waals surface area (Å²) in [6.07, 6.45) is 0.804. The van der Waals surface area contributed by atoms with Gasteiger partial charge in [0.15, 0.2) is 5.11 Å². The van der Waals surface area contributed by atoms with Gasteiger partial charge in [-0.05, 0) is 93.5 Å². The molecular weight excluding hydrogens is 1160 g/mol. The first-order valence-electron chi connectivity index (χ1n) is 28.2. The summed E-state index contributed by atoms with van der Waals surface area (Å²) in [5.74, 6) is -6.77. The lowest BCUT2D eigenvalue weighted by atomic mass is 9.84. The molecule has 7 amide bonds. The summed E-state index contributed by atoms with van der Waals surface area (Å²) in [6.45, 7) is 4.47. The average molecular weight is 1230 g/mol. The Hall–Kier alpha value is -8.63. The van der Waals surface area contributed by atoms with Crippen LogP contribution in [0.5, 0.6) is 11.5 Å². The van der Waals surface area contributed by atoms with Crippen molar-refractivity contribution in [1.29, 1.82) is 0 Å². The minimum Gasteiger partial charge on any atom is -0.478 e. The number of thioether (sulfide) groups is 1. The molecule has 3 aromatic carbocycles. The molecule has 2 bridgehead atoms. The molecule has 25 nitrogen and oxygen atoms in total. The van der Waals surface area contributed by atoms with E-state index in [0.29, 0.717) is 55.3 Å². The van der Waals surface area contributed by atoms with Gasteiger partial charge in [-0.2, -0.15) is 0 Å². The number of aliphatic hydroxyl groups is 3. The fourth-order valence-electron chi connectivity index (χ4n) is 10.9. The van der Waals surface area contributed by atoms with E-state index in [1.165, 1.54) is 33.8 Å². The molecule has 460 valence electrons. The number of fused-ring (bicyclic) bond motifs is 7. The number of benzene rings is 3. The fourth-order valence-corrected chi connectivity index (χ4v) is 12.2. The average Bonchev–Trinajstić information content (AvgIpc) is 1.48. The zero-order chi connectivity index (χ0) is 62.9. The van der Waals surface area contributed by atoms with Gasteiger partial charge in [0.2, 0.25) is 41.4 Å². The molecule has 27 heteroatoms. The first-order valence-corrected chi connectivity index (χ1v) is 29.6. The molecule has 5 heterocycles. The number of aliphatic carboxylic acids is 1. The number of para-hydroxylation sites is 1. The molecule has 4 aromatic rings. The molecule has 1 unspecified atom stereocenters. The number of aliphatic imine (C=N–C) groups is 1. The Bertz CT molecular complexity index is 3550. The number of aliphatic hydroxyl groups excluding tert-OH is 2. The molecule has 0 spiro atoms. The number of carboxylic acid groups (broad SMARTS) is 1. The lowest BCUT2D eigenvalue weighted by Crippen LogP contribution is -2.62. The first-order chi connectivity index (χ1) is 41.2. The number of hydrogen-bond donors (Lipinski definition) is 12. The summed E-state index contributed by atoms with van der Waals surface area (Å²) < 4.78 is 6.45. The Balaban J connectivity index is 1.02. The van der Waals surface area contributed by atoms with Gasteiger partial charge in [-0.3, -0.25) is 33.6 Å². The third kappa shape index (κ3) is 14.0. The van der Waals surface area contributed by atoms with Crippen molar-refractivity contribution in [3.05, 3.63) is 107 Å². The van der Waals surface area contributed by atoms with Gasteiger partial charge in [0.05, 0.1) is 34.1 Å². The molecule has 5 aliphatic rings. The number of carbonyl (C=O) groups is 8. The van der Waals surface area contributed by atoms with Gasteiger partial charge in [0.25, 0.3) is 0 Å². The van der Waals surface area contributed by atoms with E-state index in [4.69, 9.17) is 17.0 Å². The summed E-state index contributed by atoms with van der Waals surface area (Å²) in [5, 5.41) is 63.9. The van der Waals surface area contributed by atoms with Crippen molar-refractivity contribution in [2.75, 3.05) is 56.8 Å². The number of anilines is 2. The van der Waals surface area contributed by atoms with Gasteiger partial charge >= 0.3 is 5.97 Å². The lowest BCUT2D eigenvalue weighted by Gasteiger charge is -2.31. The molecule has 1 aromatic heterocycles. The van der Waals surface area contributed by atoms with Gasteiger partial charge < -0.3 is 82.1 Å². The lowest BCUT2D eigenvalue weighted by molar-refractivity contribution is -0.142. The Morgan fingerprint density at radius 1 is 0.828 bits per heavy atom. The maximum Gasteiger partial charge on any atom is 0.336 e. The molecule has 0 saturated carbocycles. The number of rotatable bonds is 8. The largest absolute Gasteiger partial charge is 0.478 e. The highest BCUT2D eigenvalue weighted by Crippen LogP contribution is 2.49. The van der Waals surface area contributed by atoms with Crippen molar-refractivity contribution in [3.63, 3.8) is 0 Å². The van der Waals surface area contributed by atoms with E-state index in [-0.39, 0.29) is 41.5 Å². The predicted octanol–water partition coefficient (Wildman–Crippen LogP) is 0.898. The van der Waals surface area contributed by atoms with Crippen LogP contribution in [0.1, 0.15) is 57.2 Å². The molecular formula is C60H70N12O13S2. The van der Waals surface area contributed by atoms with Crippen LogP contribution >= 0.6 is 24.0 Å². The van der Waals surface area contributed by atoms with Gasteiger partial charge in [-0.1, -0.05) is 24.3 Å². The van der Waals surface area contributed by atoms with Crippen LogP contribution in [0.3, 0.4) is 0 Å². The molecule has 4 aliphatic heterocycles. The van der Waals surface area contributed by atoms with Crippen molar-refractivity contribution in [3.8, 4) is 11.5 Å². The number of carbonyl (C=O) groups excluding carboxylic acids is 7. The number of amides is 7. The van der Waals surface area contributed by atoms with Crippen molar-refractivity contribution in [2.24, 2.45) is 4.99 Å². The monoisotopic (exact) mass is 1230 g/mol. The maximum absolute atomic E-state index is 15.0. The zero-order valence-corrected chi connectivity index (χ0v) is 50.6. The SMILES string of the molecule is CC1NC(=O)[C@@H]2C[C@H](O)CN2C(=O)[C@@H]2CSc3[nH]c4ccccc4c3C[C@H](NC1=O)C(=O)N[C@@H](C[C@@](C)(O)CNC(=S)/N=C1\C=CC(=C3c4ccc(N(C)C)cc4Oc4cc(N(C)C)ccc43)C(C(=O)O)=C1)C(=O)N[C@@H](C)C(=O)N[C@H]([C@H](C)O)C(=O)N2. The second-order valence-electron chi connectivity index (χ2n) is 22.9. The second-order valence-corrected chi connectivity index (χ2v) is 24.3. The zero-order valence-electron chi connectivity index (χ0n) is 49.0. The van der Waals surface area contributed by atoms with Crippen LogP contribution in [0.2, 0.25) is 0 Å². The van der Waals surface area contributed by atoms with E-state index in [9.17, 15) is 58.8 Å². The number of nitrogens with one attached hydrogen (secondary N) is 8. The minimum absolute atomic E-state index is 0.0992. The van der Waals surface area contributed by atoms with E-state index < -0.39 is 120 Å². The normalized spacial score (nSPS) is 25.3. The number of ether oxygens (including phenoxy) is 1. The third-order valence-electron chi connectivity index (χ3n) is 15.6. The molecule has 87 heavy (non-hydrogen) atoms. The van der Waals surface area contributed by atoms with Crippen molar-refractivity contribution in [1.82, 2.24) is 47.1 Å². The van der Waals surface area contributed by atoms with Crippen LogP contribution in [0.25, 0.3) is 16.5 Å². The number of hydrogen-bond acceptors (Lipinski definition) is 16. The van der Waals surface area contributed by atoms with Gasteiger partial charge in [-0.25, -0.2) is 9.79 Å². The number of thiocarbonyl (C=S) groups is 1. The molecule has 9 rings (SSSR count). The number of aromatic nitrogens is 1. The van der Waals surface area contributed by atoms with E-state index >= 15 is 0 Å². The minimum atomic E-state index is -1.96.